The van der Waals surface area contributed by atoms with Crippen LogP contribution in [0.3, 0.4) is 0 Å². The Kier molecular flexibility index (Phi) is 4.26. The van der Waals surface area contributed by atoms with Crippen molar-refractivity contribution in [2.24, 2.45) is 0 Å². The first-order chi connectivity index (χ1) is 9.69. The molecule has 1 heterocycles. The summed E-state index contributed by atoms with van der Waals surface area (Å²) in [4.78, 5) is 1.31. The standard InChI is InChI=1S/C16H13Br2NS/c1-19-15(16-14(18)6-7-20-16)12-3-2-11-9-13(17)5-4-10(11)8-12/h2-9,15,19H,1H3. The van der Waals surface area contributed by atoms with Gasteiger partial charge in [0.15, 0.2) is 0 Å². The lowest BCUT2D eigenvalue weighted by Gasteiger charge is -2.16. The lowest BCUT2D eigenvalue weighted by molar-refractivity contribution is 0.702. The number of fused-ring (bicyclic) bond motifs is 1. The summed E-state index contributed by atoms with van der Waals surface area (Å²) >= 11 is 8.91. The van der Waals surface area contributed by atoms with E-state index >= 15 is 0 Å². The molecule has 0 amide bonds. The molecule has 2 aromatic carbocycles. The second kappa shape index (κ2) is 5.98. The maximum Gasteiger partial charge on any atom is 0.0680 e. The van der Waals surface area contributed by atoms with Crippen LogP contribution >= 0.6 is 43.2 Å². The van der Waals surface area contributed by atoms with Gasteiger partial charge in [-0.2, -0.15) is 0 Å². The van der Waals surface area contributed by atoms with Crippen LogP contribution < -0.4 is 5.32 Å². The van der Waals surface area contributed by atoms with Gasteiger partial charge in [-0.1, -0.05) is 34.1 Å². The van der Waals surface area contributed by atoms with Crippen molar-refractivity contribution < 1.29 is 0 Å². The van der Waals surface area contributed by atoms with E-state index in [4.69, 9.17) is 0 Å². The average molecular weight is 411 g/mol. The third kappa shape index (κ3) is 2.70. The molecule has 102 valence electrons. The van der Waals surface area contributed by atoms with Crippen molar-refractivity contribution >= 4 is 54.0 Å². The molecule has 1 N–H and O–H groups in total. The van der Waals surface area contributed by atoms with Gasteiger partial charge in [-0.05, 0) is 69.0 Å². The number of rotatable bonds is 3. The molecule has 4 heteroatoms. The molecule has 0 fully saturated rings. The summed E-state index contributed by atoms with van der Waals surface area (Å²) in [7, 11) is 2.00. The highest BCUT2D eigenvalue weighted by atomic mass is 79.9. The summed E-state index contributed by atoms with van der Waals surface area (Å²) in [6.07, 6.45) is 0. The fourth-order valence-corrected chi connectivity index (χ4v) is 4.49. The third-order valence-corrected chi connectivity index (χ3v) is 5.78. The summed E-state index contributed by atoms with van der Waals surface area (Å²) in [5, 5.41) is 8.04. The van der Waals surface area contributed by atoms with E-state index in [2.05, 4.69) is 85.0 Å². The maximum absolute atomic E-state index is 3.63. The van der Waals surface area contributed by atoms with Crippen molar-refractivity contribution in [3.8, 4) is 0 Å². The van der Waals surface area contributed by atoms with Crippen LogP contribution in [0.25, 0.3) is 10.8 Å². The van der Waals surface area contributed by atoms with Crippen LogP contribution in [0.15, 0.2) is 56.8 Å². The van der Waals surface area contributed by atoms with E-state index in [9.17, 15) is 0 Å². The van der Waals surface area contributed by atoms with E-state index in [1.54, 1.807) is 11.3 Å². The van der Waals surface area contributed by atoms with Crippen molar-refractivity contribution in [1.82, 2.24) is 5.32 Å². The molecule has 1 unspecified atom stereocenters. The minimum absolute atomic E-state index is 0.220. The Hall–Kier alpha value is -0.680. The first kappa shape index (κ1) is 14.3. The zero-order chi connectivity index (χ0) is 14.1. The molecule has 1 nitrogen and oxygen atoms in total. The number of benzene rings is 2. The summed E-state index contributed by atoms with van der Waals surface area (Å²) in [6.45, 7) is 0. The quantitative estimate of drug-likeness (QED) is 0.580. The Morgan fingerprint density at radius 2 is 1.75 bits per heavy atom. The lowest BCUT2D eigenvalue weighted by atomic mass is 10.0. The smallest absolute Gasteiger partial charge is 0.0680 e. The van der Waals surface area contributed by atoms with Crippen molar-refractivity contribution in [3.63, 3.8) is 0 Å². The predicted octanol–water partition coefficient (Wildman–Crippen LogP) is 5.74. The van der Waals surface area contributed by atoms with Gasteiger partial charge in [-0.25, -0.2) is 0 Å². The molecule has 0 bridgehead atoms. The second-order valence-electron chi connectivity index (χ2n) is 4.61. The highest BCUT2D eigenvalue weighted by Gasteiger charge is 2.16. The van der Waals surface area contributed by atoms with Crippen LogP contribution in [0.4, 0.5) is 0 Å². The number of nitrogens with one attached hydrogen (secondary N) is 1. The summed E-state index contributed by atoms with van der Waals surface area (Å²) < 4.78 is 2.28. The van der Waals surface area contributed by atoms with Gasteiger partial charge in [0.05, 0.1) is 6.04 Å². The molecular weight excluding hydrogens is 398 g/mol. The van der Waals surface area contributed by atoms with Crippen LogP contribution in [0.2, 0.25) is 0 Å². The number of hydrogen-bond donors (Lipinski definition) is 1. The molecule has 20 heavy (non-hydrogen) atoms. The van der Waals surface area contributed by atoms with Gasteiger partial charge in [0.2, 0.25) is 0 Å². The van der Waals surface area contributed by atoms with Gasteiger partial charge in [0.1, 0.15) is 0 Å². The van der Waals surface area contributed by atoms with Gasteiger partial charge in [0.25, 0.3) is 0 Å². The first-order valence-electron chi connectivity index (χ1n) is 6.28. The van der Waals surface area contributed by atoms with E-state index in [-0.39, 0.29) is 6.04 Å². The molecule has 0 aliphatic heterocycles. The molecule has 0 spiro atoms. The third-order valence-electron chi connectivity index (χ3n) is 3.36. The van der Waals surface area contributed by atoms with Gasteiger partial charge in [0, 0.05) is 13.8 Å². The van der Waals surface area contributed by atoms with Gasteiger partial charge < -0.3 is 5.32 Å². The normalized spacial score (nSPS) is 12.8. The van der Waals surface area contributed by atoms with E-state index in [1.165, 1.54) is 21.2 Å². The van der Waals surface area contributed by atoms with Crippen LogP contribution in [-0.2, 0) is 0 Å². The van der Waals surface area contributed by atoms with Gasteiger partial charge in [-0.15, -0.1) is 11.3 Å². The molecule has 0 saturated carbocycles. The number of thiophene rings is 1. The molecule has 0 radical (unpaired) electrons. The van der Waals surface area contributed by atoms with E-state index in [0.29, 0.717) is 0 Å². The van der Waals surface area contributed by atoms with Crippen LogP contribution in [0, 0.1) is 0 Å². The zero-order valence-corrected chi connectivity index (χ0v) is 14.8. The largest absolute Gasteiger partial charge is 0.309 e. The minimum Gasteiger partial charge on any atom is -0.309 e. The molecule has 0 aliphatic carbocycles. The van der Waals surface area contributed by atoms with Crippen molar-refractivity contribution in [3.05, 3.63) is 67.2 Å². The van der Waals surface area contributed by atoms with E-state index in [1.807, 2.05) is 7.05 Å². The Bertz CT molecular complexity index is 751. The zero-order valence-electron chi connectivity index (χ0n) is 10.9. The predicted molar refractivity (Wildman–Crippen MR) is 94.6 cm³/mol. The van der Waals surface area contributed by atoms with Crippen molar-refractivity contribution in [2.45, 2.75) is 6.04 Å². The Morgan fingerprint density at radius 3 is 2.45 bits per heavy atom. The van der Waals surface area contributed by atoms with Crippen molar-refractivity contribution in [1.29, 1.82) is 0 Å². The molecule has 1 aromatic heterocycles. The van der Waals surface area contributed by atoms with Crippen LogP contribution in [0.1, 0.15) is 16.5 Å². The monoisotopic (exact) mass is 409 g/mol. The SMILES string of the molecule is CNC(c1ccc2cc(Br)ccc2c1)c1sccc1Br. The fourth-order valence-electron chi connectivity index (χ4n) is 2.38. The minimum atomic E-state index is 0.220. The summed E-state index contributed by atoms with van der Waals surface area (Å²) in [5.74, 6) is 0. The summed E-state index contributed by atoms with van der Waals surface area (Å²) in [5.41, 5.74) is 1.28. The maximum atomic E-state index is 3.63. The first-order valence-corrected chi connectivity index (χ1v) is 8.75. The molecule has 0 saturated heterocycles. The molecular formula is C16H13Br2NS. The second-order valence-corrected chi connectivity index (χ2v) is 7.32. The number of halogens is 2. The Balaban J connectivity index is 2.08. The highest BCUT2D eigenvalue weighted by molar-refractivity contribution is 9.10. The van der Waals surface area contributed by atoms with Crippen molar-refractivity contribution in [2.75, 3.05) is 7.05 Å². The Morgan fingerprint density at radius 1 is 1.00 bits per heavy atom. The molecule has 3 rings (SSSR count). The van der Waals surface area contributed by atoms with Gasteiger partial charge >= 0.3 is 0 Å². The summed E-state index contributed by atoms with van der Waals surface area (Å²) in [6, 6.07) is 15.3. The van der Waals surface area contributed by atoms with Crippen LogP contribution in [-0.4, -0.2) is 7.05 Å². The molecule has 1 atom stereocenters. The Labute approximate surface area is 139 Å². The number of hydrogen-bond acceptors (Lipinski definition) is 2. The molecule has 0 aliphatic rings. The molecule has 3 aromatic rings. The van der Waals surface area contributed by atoms with Crippen LogP contribution in [0.5, 0.6) is 0 Å². The van der Waals surface area contributed by atoms with E-state index < -0.39 is 0 Å². The average Bonchev–Trinajstić information content (AvgIpc) is 2.86. The van der Waals surface area contributed by atoms with Gasteiger partial charge in [-0.3, -0.25) is 0 Å². The fraction of sp³-hybridized carbons (Fsp3) is 0.125. The topological polar surface area (TPSA) is 12.0 Å². The lowest BCUT2D eigenvalue weighted by Crippen LogP contribution is -2.16. The highest BCUT2D eigenvalue weighted by Crippen LogP contribution is 2.34. The van der Waals surface area contributed by atoms with E-state index in [0.717, 1.165) is 8.95 Å².